The quantitative estimate of drug-likeness (QED) is 0.450. The fourth-order valence-corrected chi connectivity index (χ4v) is 1.00. The Bertz CT molecular complexity index is 405. The molecule has 1 N–H and O–H groups in total. The first-order chi connectivity index (χ1) is 7.22. The summed E-state index contributed by atoms with van der Waals surface area (Å²) in [6, 6.07) is 8.76. The van der Waals surface area contributed by atoms with Crippen LogP contribution in [0.15, 0.2) is 36.4 Å². The zero-order valence-corrected chi connectivity index (χ0v) is 7.90. The highest BCUT2D eigenvalue weighted by Gasteiger charge is 2.06. The molecule has 4 nitrogen and oxygen atoms in total. The van der Waals surface area contributed by atoms with Gasteiger partial charge in [0.2, 0.25) is 5.91 Å². The molecule has 0 radical (unpaired) electrons. The minimum Gasteiger partial charge on any atom is -0.326 e. The van der Waals surface area contributed by atoms with Crippen molar-refractivity contribution >= 4 is 23.3 Å². The Morgan fingerprint density at radius 1 is 1.27 bits per heavy atom. The first-order valence-corrected chi connectivity index (χ1v) is 4.31. The van der Waals surface area contributed by atoms with Gasteiger partial charge in [-0.05, 0) is 12.1 Å². The molecule has 0 saturated heterocycles. The largest absolute Gasteiger partial charge is 0.326 e. The lowest BCUT2D eigenvalue weighted by molar-refractivity contribution is -0.122. The molecular formula is C11H9NO3. The van der Waals surface area contributed by atoms with E-state index in [9.17, 15) is 14.4 Å². The number of carbonyl (C=O) groups excluding carboxylic acids is 3. The summed E-state index contributed by atoms with van der Waals surface area (Å²) in [7, 11) is 0. The van der Waals surface area contributed by atoms with Gasteiger partial charge in [0, 0.05) is 5.69 Å². The van der Waals surface area contributed by atoms with Gasteiger partial charge < -0.3 is 5.32 Å². The SMILES string of the molecule is O=C=CC(=O)CC(=O)Nc1ccccc1. The van der Waals surface area contributed by atoms with Gasteiger partial charge in [0.15, 0.2) is 5.78 Å². The molecule has 76 valence electrons. The standard InChI is InChI=1S/C11H9NO3/c13-7-6-10(14)8-11(15)12-9-4-2-1-3-5-9/h1-6H,8H2,(H,12,15). The van der Waals surface area contributed by atoms with Crippen LogP contribution in [0.1, 0.15) is 6.42 Å². The van der Waals surface area contributed by atoms with Crippen LogP contribution in [0.25, 0.3) is 0 Å². The first kappa shape index (κ1) is 10.9. The van der Waals surface area contributed by atoms with Crippen LogP contribution in [0.3, 0.4) is 0 Å². The third kappa shape index (κ3) is 4.02. The molecule has 15 heavy (non-hydrogen) atoms. The van der Waals surface area contributed by atoms with E-state index in [1.54, 1.807) is 24.3 Å². The molecule has 0 aliphatic heterocycles. The molecule has 0 spiro atoms. The molecule has 0 aliphatic rings. The van der Waals surface area contributed by atoms with Gasteiger partial charge in [0.1, 0.15) is 5.94 Å². The van der Waals surface area contributed by atoms with Crippen molar-refractivity contribution in [2.24, 2.45) is 0 Å². The number of carbonyl (C=O) groups is 2. The summed E-state index contributed by atoms with van der Waals surface area (Å²) in [5.41, 5.74) is 0.616. The summed E-state index contributed by atoms with van der Waals surface area (Å²) < 4.78 is 0. The number of allylic oxidation sites excluding steroid dienone is 1. The number of rotatable bonds is 4. The lowest BCUT2D eigenvalue weighted by Gasteiger charge is -2.02. The van der Waals surface area contributed by atoms with E-state index in [0.717, 1.165) is 0 Å². The Balaban J connectivity index is 2.50. The number of ketones is 1. The Hall–Kier alpha value is -2.19. The van der Waals surface area contributed by atoms with Crippen molar-refractivity contribution in [2.75, 3.05) is 5.32 Å². The maximum atomic E-state index is 11.2. The summed E-state index contributed by atoms with van der Waals surface area (Å²) >= 11 is 0. The molecule has 1 aromatic carbocycles. The van der Waals surface area contributed by atoms with E-state index in [1.807, 2.05) is 6.07 Å². The number of nitrogens with one attached hydrogen (secondary N) is 1. The minimum atomic E-state index is -0.557. The van der Waals surface area contributed by atoms with Crippen LogP contribution < -0.4 is 5.32 Å². The van der Waals surface area contributed by atoms with Gasteiger partial charge in [-0.25, -0.2) is 4.79 Å². The Morgan fingerprint density at radius 3 is 2.53 bits per heavy atom. The summed E-state index contributed by atoms with van der Waals surface area (Å²) in [5.74, 6) is 0.329. The van der Waals surface area contributed by atoms with Crippen LogP contribution in [0, 0.1) is 0 Å². The Morgan fingerprint density at radius 2 is 1.93 bits per heavy atom. The van der Waals surface area contributed by atoms with Crippen molar-refractivity contribution in [2.45, 2.75) is 6.42 Å². The van der Waals surface area contributed by atoms with Gasteiger partial charge in [0.05, 0.1) is 12.5 Å². The van der Waals surface area contributed by atoms with E-state index in [2.05, 4.69) is 5.32 Å². The number of anilines is 1. The fraction of sp³-hybridized carbons (Fsp3) is 0.0909. The lowest BCUT2D eigenvalue weighted by atomic mass is 10.2. The smallest absolute Gasteiger partial charge is 0.232 e. The van der Waals surface area contributed by atoms with Crippen LogP contribution in [-0.4, -0.2) is 17.6 Å². The van der Waals surface area contributed by atoms with Crippen molar-refractivity contribution in [1.82, 2.24) is 0 Å². The van der Waals surface area contributed by atoms with E-state index in [-0.39, 0.29) is 6.42 Å². The van der Waals surface area contributed by atoms with Crippen molar-refractivity contribution in [3.8, 4) is 0 Å². The summed E-state index contributed by atoms with van der Waals surface area (Å²) in [5, 5.41) is 2.52. The summed E-state index contributed by atoms with van der Waals surface area (Å²) in [6.45, 7) is 0. The highest BCUT2D eigenvalue weighted by molar-refractivity contribution is 6.10. The fourth-order valence-electron chi connectivity index (χ4n) is 1.00. The van der Waals surface area contributed by atoms with E-state index in [1.165, 1.54) is 5.94 Å². The zero-order chi connectivity index (χ0) is 11.1. The second-order valence-corrected chi connectivity index (χ2v) is 2.82. The number of hydrogen-bond donors (Lipinski definition) is 1. The molecule has 0 unspecified atom stereocenters. The van der Waals surface area contributed by atoms with Crippen molar-refractivity contribution in [3.63, 3.8) is 0 Å². The number of benzene rings is 1. The molecule has 0 atom stereocenters. The summed E-state index contributed by atoms with van der Waals surface area (Å²) in [6.07, 6.45) is 0.370. The predicted octanol–water partition coefficient (Wildman–Crippen LogP) is 0.972. The van der Waals surface area contributed by atoms with E-state index in [0.29, 0.717) is 11.8 Å². The van der Waals surface area contributed by atoms with Gasteiger partial charge >= 0.3 is 0 Å². The molecule has 0 aromatic heterocycles. The van der Waals surface area contributed by atoms with Crippen molar-refractivity contribution in [1.29, 1.82) is 0 Å². The van der Waals surface area contributed by atoms with Crippen molar-refractivity contribution in [3.05, 3.63) is 36.4 Å². The molecule has 0 fully saturated rings. The third-order valence-electron chi connectivity index (χ3n) is 1.61. The predicted molar refractivity (Wildman–Crippen MR) is 55.0 cm³/mol. The normalized spacial score (nSPS) is 8.80. The number of hydrogen-bond acceptors (Lipinski definition) is 3. The molecule has 1 amide bonds. The first-order valence-electron chi connectivity index (χ1n) is 4.31. The second-order valence-electron chi connectivity index (χ2n) is 2.82. The Kier molecular flexibility index (Phi) is 4.01. The second kappa shape index (κ2) is 5.52. The highest BCUT2D eigenvalue weighted by Crippen LogP contribution is 2.05. The summed E-state index contributed by atoms with van der Waals surface area (Å²) in [4.78, 5) is 31.9. The Labute approximate surface area is 86.6 Å². The van der Waals surface area contributed by atoms with Gasteiger partial charge in [0.25, 0.3) is 0 Å². The van der Waals surface area contributed by atoms with E-state index < -0.39 is 11.7 Å². The average molecular weight is 203 g/mol. The van der Waals surface area contributed by atoms with Gasteiger partial charge in [-0.3, -0.25) is 9.59 Å². The molecule has 1 aromatic rings. The van der Waals surface area contributed by atoms with Crippen LogP contribution in [0.5, 0.6) is 0 Å². The number of para-hydroxylation sites is 1. The minimum absolute atomic E-state index is 0.343. The van der Waals surface area contributed by atoms with Gasteiger partial charge in [-0.2, -0.15) is 0 Å². The van der Waals surface area contributed by atoms with Crippen LogP contribution >= 0.6 is 0 Å². The van der Waals surface area contributed by atoms with Crippen LogP contribution in [-0.2, 0) is 14.4 Å². The van der Waals surface area contributed by atoms with E-state index in [4.69, 9.17) is 0 Å². The van der Waals surface area contributed by atoms with E-state index >= 15 is 0 Å². The van der Waals surface area contributed by atoms with Gasteiger partial charge in [-0.1, -0.05) is 18.2 Å². The monoisotopic (exact) mass is 203 g/mol. The van der Waals surface area contributed by atoms with Gasteiger partial charge in [-0.15, -0.1) is 0 Å². The molecule has 0 aliphatic carbocycles. The van der Waals surface area contributed by atoms with Crippen molar-refractivity contribution < 1.29 is 14.4 Å². The molecule has 0 heterocycles. The molecule has 0 bridgehead atoms. The average Bonchev–Trinajstić information content (AvgIpc) is 2.19. The maximum Gasteiger partial charge on any atom is 0.232 e. The lowest BCUT2D eigenvalue weighted by Crippen LogP contribution is -2.15. The molecule has 1 rings (SSSR count). The van der Waals surface area contributed by atoms with Crippen LogP contribution in [0.2, 0.25) is 0 Å². The zero-order valence-electron chi connectivity index (χ0n) is 7.90. The molecule has 4 heteroatoms. The topological polar surface area (TPSA) is 63.2 Å². The highest BCUT2D eigenvalue weighted by atomic mass is 16.2. The van der Waals surface area contributed by atoms with Crippen LogP contribution in [0.4, 0.5) is 5.69 Å². The third-order valence-corrected chi connectivity index (χ3v) is 1.61. The maximum absolute atomic E-state index is 11.2. The molecular weight excluding hydrogens is 194 g/mol. The molecule has 0 saturated carbocycles. The number of amides is 1.